The van der Waals surface area contributed by atoms with E-state index in [0.29, 0.717) is 25.1 Å². The minimum atomic E-state index is -0.562. The van der Waals surface area contributed by atoms with Crippen molar-refractivity contribution in [3.63, 3.8) is 0 Å². The lowest BCUT2D eigenvalue weighted by molar-refractivity contribution is -0.136. The van der Waals surface area contributed by atoms with Gasteiger partial charge in [0.25, 0.3) is 5.91 Å². The van der Waals surface area contributed by atoms with Gasteiger partial charge in [0, 0.05) is 54.9 Å². The number of rotatable bonds is 11. The maximum atomic E-state index is 13.1. The van der Waals surface area contributed by atoms with Crippen LogP contribution < -0.4 is 15.0 Å². The molecule has 0 spiro atoms. The zero-order valence-corrected chi connectivity index (χ0v) is 29.8. The first-order valence-corrected chi connectivity index (χ1v) is 18.8. The number of fused-ring (bicyclic) bond motifs is 2. The number of piperidine rings is 1. The number of amides is 3. The van der Waals surface area contributed by atoms with Gasteiger partial charge in [0.1, 0.15) is 11.8 Å². The average Bonchev–Trinajstić information content (AvgIpc) is 3.80. The van der Waals surface area contributed by atoms with E-state index in [1.165, 1.54) is 33.3 Å². The minimum absolute atomic E-state index is 0.100. The highest BCUT2D eigenvalue weighted by Gasteiger charge is 2.40. The van der Waals surface area contributed by atoms with Gasteiger partial charge in [-0.1, -0.05) is 60.7 Å². The number of anilines is 1. The number of hydrogen-bond donors (Lipinski definition) is 1. The average molecular weight is 702 g/mol. The van der Waals surface area contributed by atoms with Crippen LogP contribution in [0.25, 0.3) is 22.2 Å². The highest BCUT2D eigenvalue weighted by atomic mass is 32.1. The Labute approximate surface area is 302 Å². The number of para-hydroxylation sites is 1. The standard InChI is InChI=1S/C41H43N5O4S/c1-28-32-11-5-6-12-34(32)45(39(28)30-9-3-2-4-10-30)26-29-13-15-31(16-14-29)50-24-8-7-19-43-20-22-44(23-21-43)38-25-33-36(51-38)27-46(41(33)49)35-17-18-37(47)42-40(35)48/h2-6,9-16,25,35H,7-8,17-24,26-27H2,1H3,(H,42,47,48). The quantitative estimate of drug-likeness (QED) is 0.126. The van der Waals surface area contributed by atoms with E-state index in [9.17, 15) is 14.4 Å². The second kappa shape index (κ2) is 14.4. The summed E-state index contributed by atoms with van der Waals surface area (Å²) in [5, 5.41) is 4.79. The molecule has 3 aliphatic rings. The van der Waals surface area contributed by atoms with Crippen LogP contribution in [-0.4, -0.2) is 77.5 Å². The fourth-order valence-electron chi connectivity index (χ4n) is 7.78. The molecule has 1 atom stereocenters. The van der Waals surface area contributed by atoms with Crippen molar-refractivity contribution in [2.45, 2.75) is 51.7 Å². The number of thiophene rings is 1. The zero-order chi connectivity index (χ0) is 34.9. The Morgan fingerprint density at radius 3 is 2.41 bits per heavy atom. The van der Waals surface area contributed by atoms with E-state index >= 15 is 0 Å². The monoisotopic (exact) mass is 701 g/mol. The Morgan fingerprint density at radius 2 is 1.65 bits per heavy atom. The van der Waals surface area contributed by atoms with Gasteiger partial charge >= 0.3 is 0 Å². The maximum Gasteiger partial charge on any atom is 0.256 e. The number of nitrogens with zero attached hydrogens (tertiary/aromatic N) is 4. The molecule has 5 aromatic rings. The van der Waals surface area contributed by atoms with Crippen LogP contribution in [-0.2, 0) is 22.7 Å². The van der Waals surface area contributed by atoms with Gasteiger partial charge in [0.05, 0.1) is 29.4 Å². The lowest BCUT2D eigenvalue weighted by Gasteiger charge is -2.35. The molecule has 1 N–H and O–H groups in total. The van der Waals surface area contributed by atoms with E-state index in [4.69, 9.17) is 4.74 Å². The van der Waals surface area contributed by atoms with Gasteiger partial charge in [-0.3, -0.25) is 24.6 Å². The number of unbranched alkanes of at least 4 members (excludes halogenated alkanes) is 1. The fourth-order valence-corrected chi connectivity index (χ4v) is 8.98. The second-order valence-electron chi connectivity index (χ2n) is 13.8. The Hall–Kier alpha value is -4.93. The number of piperazine rings is 1. The highest BCUT2D eigenvalue weighted by molar-refractivity contribution is 7.16. The SMILES string of the molecule is Cc1c(-c2ccccc2)n(Cc2ccc(OCCCCN3CCN(c4cc5c(s4)CN(C4CCC(=O)NC4=O)C5=O)CC3)cc2)c2ccccc12. The molecule has 2 saturated heterocycles. The van der Waals surface area contributed by atoms with Crippen LogP contribution >= 0.6 is 11.3 Å². The van der Waals surface area contributed by atoms with Gasteiger partial charge in [-0.15, -0.1) is 11.3 Å². The molecule has 0 radical (unpaired) electrons. The molecule has 2 aromatic heterocycles. The van der Waals surface area contributed by atoms with Crippen LogP contribution in [0.1, 0.15) is 52.0 Å². The molecule has 1 unspecified atom stereocenters. The number of aryl methyl sites for hydroxylation is 1. The summed E-state index contributed by atoms with van der Waals surface area (Å²) in [4.78, 5) is 44.5. The summed E-state index contributed by atoms with van der Waals surface area (Å²) >= 11 is 1.66. The molecule has 8 rings (SSSR count). The summed E-state index contributed by atoms with van der Waals surface area (Å²) in [5.41, 5.74) is 7.01. The van der Waals surface area contributed by atoms with Gasteiger partial charge in [0.15, 0.2) is 0 Å². The predicted octanol–water partition coefficient (Wildman–Crippen LogP) is 6.47. The smallest absolute Gasteiger partial charge is 0.256 e. The first kappa shape index (κ1) is 33.2. The van der Waals surface area contributed by atoms with Gasteiger partial charge in [-0.25, -0.2) is 0 Å². The van der Waals surface area contributed by atoms with E-state index in [1.807, 2.05) is 6.07 Å². The summed E-state index contributed by atoms with van der Waals surface area (Å²) in [6, 6.07) is 29.3. The lowest BCUT2D eigenvalue weighted by Crippen LogP contribution is -2.52. The van der Waals surface area contributed by atoms with E-state index < -0.39 is 6.04 Å². The molecule has 262 valence electrons. The number of benzene rings is 3. The fraction of sp³-hybridized carbons (Fsp3) is 0.341. The Bertz CT molecular complexity index is 2060. The number of carbonyl (C=O) groups excluding carboxylic acids is 3. The number of imide groups is 1. The molecule has 9 nitrogen and oxygen atoms in total. The van der Waals surface area contributed by atoms with Crippen LogP contribution in [0.5, 0.6) is 5.75 Å². The summed E-state index contributed by atoms with van der Waals surface area (Å²) in [6.07, 6.45) is 2.75. The molecular formula is C41H43N5O4S. The molecule has 10 heteroatoms. The molecule has 3 amide bonds. The molecule has 3 aliphatic heterocycles. The van der Waals surface area contributed by atoms with E-state index in [2.05, 4.69) is 105 Å². The summed E-state index contributed by atoms with van der Waals surface area (Å²) in [7, 11) is 0. The third-order valence-electron chi connectivity index (χ3n) is 10.5. The largest absolute Gasteiger partial charge is 0.494 e. The Kier molecular flexibility index (Phi) is 9.36. The first-order chi connectivity index (χ1) is 24.9. The molecule has 51 heavy (non-hydrogen) atoms. The van der Waals surface area contributed by atoms with Crippen LogP contribution in [0.4, 0.5) is 5.00 Å². The van der Waals surface area contributed by atoms with Crippen molar-refractivity contribution in [2.24, 2.45) is 0 Å². The number of carbonyl (C=O) groups is 3. The van der Waals surface area contributed by atoms with Gasteiger partial charge in [-0.2, -0.15) is 0 Å². The highest BCUT2D eigenvalue weighted by Crippen LogP contribution is 2.38. The van der Waals surface area contributed by atoms with Crippen molar-refractivity contribution in [1.29, 1.82) is 0 Å². The van der Waals surface area contributed by atoms with Crippen molar-refractivity contribution >= 4 is 45.0 Å². The number of hydrogen-bond acceptors (Lipinski definition) is 7. The van der Waals surface area contributed by atoms with Gasteiger partial charge in [0.2, 0.25) is 11.8 Å². The first-order valence-electron chi connectivity index (χ1n) is 18.0. The van der Waals surface area contributed by atoms with Crippen LogP contribution in [0.15, 0.2) is 84.9 Å². The van der Waals surface area contributed by atoms with Crippen molar-refractivity contribution < 1.29 is 19.1 Å². The molecule has 5 heterocycles. The normalized spacial score (nSPS) is 18.1. The topological polar surface area (TPSA) is 87.1 Å². The molecule has 2 fully saturated rings. The lowest BCUT2D eigenvalue weighted by atomic mass is 10.0. The molecule has 3 aromatic carbocycles. The molecule has 0 bridgehead atoms. The van der Waals surface area contributed by atoms with E-state index in [1.54, 1.807) is 16.2 Å². The van der Waals surface area contributed by atoms with Crippen molar-refractivity contribution in [2.75, 3.05) is 44.2 Å². The van der Waals surface area contributed by atoms with Crippen LogP contribution in [0, 0.1) is 6.92 Å². The number of aromatic nitrogens is 1. The van der Waals surface area contributed by atoms with Gasteiger partial charge < -0.3 is 19.1 Å². The minimum Gasteiger partial charge on any atom is -0.494 e. The zero-order valence-electron chi connectivity index (χ0n) is 29.0. The summed E-state index contributed by atoms with van der Waals surface area (Å²) in [6.45, 7) is 9.04. The van der Waals surface area contributed by atoms with Crippen molar-refractivity contribution in [3.05, 3.63) is 106 Å². The molecular weight excluding hydrogens is 659 g/mol. The van der Waals surface area contributed by atoms with Gasteiger partial charge in [-0.05, 0) is 73.7 Å². The third-order valence-corrected chi connectivity index (χ3v) is 11.7. The van der Waals surface area contributed by atoms with E-state index in [0.717, 1.165) is 67.7 Å². The maximum absolute atomic E-state index is 13.1. The van der Waals surface area contributed by atoms with Crippen molar-refractivity contribution in [1.82, 2.24) is 19.7 Å². The number of nitrogens with one attached hydrogen (secondary N) is 1. The number of ether oxygens (including phenoxy) is 1. The van der Waals surface area contributed by atoms with Crippen LogP contribution in [0.2, 0.25) is 0 Å². The Morgan fingerprint density at radius 1 is 0.882 bits per heavy atom. The molecule has 0 aliphatic carbocycles. The predicted molar refractivity (Wildman–Crippen MR) is 201 cm³/mol. The summed E-state index contributed by atoms with van der Waals surface area (Å²) in [5.74, 6) is 0.181. The molecule has 0 saturated carbocycles. The third kappa shape index (κ3) is 6.78. The van der Waals surface area contributed by atoms with E-state index in [-0.39, 0.29) is 24.1 Å². The Balaban J connectivity index is 0.780. The van der Waals surface area contributed by atoms with Crippen molar-refractivity contribution in [3.8, 4) is 17.0 Å². The van der Waals surface area contributed by atoms with Crippen LogP contribution in [0.3, 0.4) is 0 Å². The second-order valence-corrected chi connectivity index (χ2v) is 14.9. The summed E-state index contributed by atoms with van der Waals surface area (Å²) < 4.78 is 8.57.